The summed E-state index contributed by atoms with van der Waals surface area (Å²) in [6.45, 7) is 4.33. The number of oxime groups is 1. The van der Waals surface area contributed by atoms with Crippen LogP contribution in [0.4, 0.5) is 5.95 Å². The molecule has 0 radical (unpaired) electrons. The predicted octanol–water partition coefficient (Wildman–Crippen LogP) is 2.32. The van der Waals surface area contributed by atoms with Crippen LogP contribution in [0, 0.1) is 0 Å². The van der Waals surface area contributed by atoms with Gasteiger partial charge in [0.05, 0.1) is 23.3 Å². The van der Waals surface area contributed by atoms with E-state index in [1.54, 1.807) is 12.4 Å². The van der Waals surface area contributed by atoms with Crippen LogP contribution in [0.15, 0.2) is 52.4 Å². The van der Waals surface area contributed by atoms with E-state index in [0.717, 1.165) is 48.9 Å². The van der Waals surface area contributed by atoms with Gasteiger partial charge in [-0.25, -0.2) is 9.97 Å². The Labute approximate surface area is 149 Å². The molecule has 1 aromatic heterocycles. The lowest BCUT2D eigenvalue weighted by Crippen LogP contribution is -2.52. The van der Waals surface area contributed by atoms with E-state index in [1.807, 2.05) is 6.07 Å². The SMILES string of the molecule is Brc1cnc(N2CC(=NOC3CN(Cc4ccccc4)C3)C2)nc1. The molecule has 2 aliphatic rings. The van der Waals surface area contributed by atoms with Crippen molar-refractivity contribution in [1.29, 1.82) is 0 Å². The third-order valence-corrected chi connectivity index (χ3v) is 4.55. The van der Waals surface area contributed by atoms with Gasteiger partial charge in [0.25, 0.3) is 0 Å². The maximum absolute atomic E-state index is 5.62. The van der Waals surface area contributed by atoms with E-state index in [0.29, 0.717) is 0 Å². The third-order valence-electron chi connectivity index (χ3n) is 4.14. The van der Waals surface area contributed by atoms with Gasteiger partial charge in [-0.3, -0.25) is 4.90 Å². The van der Waals surface area contributed by atoms with E-state index in [9.17, 15) is 0 Å². The average Bonchev–Trinajstić information content (AvgIpc) is 2.53. The molecule has 0 N–H and O–H groups in total. The molecule has 3 heterocycles. The zero-order chi connectivity index (χ0) is 16.4. The Morgan fingerprint density at radius 2 is 1.83 bits per heavy atom. The molecule has 0 bridgehead atoms. The first-order valence-electron chi connectivity index (χ1n) is 7.96. The fourth-order valence-electron chi connectivity index (χ4n) is 2.77. The van der Waals surface area contributed by atoms with Gasteiger partial charge < -0.3 is 9.74 Å². The summed E-state index contributed by atoms with van der Waals surface area (Å²) >= 11 is 3.34. The molecule has 0 amide bonds. The van der Waals surface area contributed by atoms with Gasteiger partial charge >= 0.3 is 0 Å². The van der Waals surface area contributed by atoms with E-state index >= 15 is 0 Å². The monoisotopic (exact) mass is 387 g/mol. The van der Waals surface area contributed by atoms with Crippen molar-refractivity contribution < 1.29 is 4.84 Å². The summed E-state index contributed by atoms with van der Waals surface area (Å²) in [5, 5.41) is 4.27. The molecule has 0 unspecified atom stereocenters. The molecule has 0 saturated carbocycles. The van der Waals surface area contributed by atoms with Gasteiger partial charge in [0.2, 0.25) is 5.95 Å². The standard InChI is InChI=1S/C17H18BrN5O/c18-14-6-19-17(20-7-14)23-9-15(10-23)21-24-16-11-22(12-16)8-13-4-2-1-3-5-13/h1-7,16H,8-12H2. The van der Waals surface area contributed by atoms with Crippen LogP contribution in [0.1, 0.15) is 5.56 Å². The fourth-order valence-corrected chi connectivity index (χ4v) is 2.98. The maximum atomic E-state index is 5.62. The Balaban J connectivity index is 1.18. The molecule has 2 saturated heterocycles. The number of benzene rings is 1. The number of aromatic nitrogens is 2. The molecule has 4 rings (SSSR count). The minimum atomic E-state index is 0.208. The van der Waals surface area contributed by atoms with Crippen molar-refractivity contribution >= 4 is 27.6 Å². The fraction of sp³-hybridized carbons (Fsp3) is 0.353. The first-order valence-corrected chi connectivity index (χ1v) is 8.76. The van der Waals surface area contributed by atoms with Crippen LogP contribution in [0.25, 0.3) is 0 Å². The summed E-state index contributed by atoms with van der Waals surface area (Å²) in [6, 6.07) is 10.5. The molecule has 1 aromatic carbocycles. The minimum Gasteiger partial charge on any atom is -0.390 e. The van der Waals surface area contributed by atoms with Crippen LogP contribution < -0.4 is 4.90 Å². The number of nitrogens with zero attached hydrogens (tertiary/aromatic N) is 5. The lowest BCUT2D eigenvalue weighted by Gasteiger charge is -2.38. The van der Waals surface area contributed by atoms with E-state index in [2.05, 4.69) is 65.1 Å². The number of halogens is 1. The first kappa shape index (κ1) is 15.5. The zero-order valence-corrected chi connectivity index (χ0v) is 14.8. The molecule has 24 heavy (non-hydrogen) atoms. The van der Waals surface area contributed by atoms with E-state index in [4.69, 9.17) is 4.84 Å². The van der Waals surface area contributed by atoms with Gasteiger partial charge in [-0.1, -0.05) is 35.5 Å². The van der Waals surface area contributed by atoms with Crippen molar-refractivity contribution in [3.05, 3.63) is 52.8 Å². The smallest absolute Gasteiger partial charge is 0.226 e. The predicted molar refractivity (Wildman–Crippen MR) is 96.0 cm³/mol. The van der Waals surface area contributed by atoms with Crippen molar-refractivity contribution in [1.82, 2.24) is 14.9 Å². The molecule has 2 aromatic rings. The molecule has 124 valence electrons. The second-order valence-electron chi connectivity index (χ2n) is 6.12. The number of hydrogen-bond acceptors (Lipinski definition) is 6. The Hall–Kier alpha value is -1.99. The molecule has 2 fully saturated rings. The van der Waals surface area contributed by atoms with Crippen LogP contribution in [-0.4, -0.2) is 52.9 Å². The lowest BCUT2D eigenvalue weighted by molar-refractivity contribution is -0.0566. The number of anilines is 1. The molecular formula is C17H18BrN5O. The van der Waals surface area contributed by atoms with Crippen LogP contribution in [0.2, 0.25) is 0 Å². The average molecular weight is 388 g/mol. The summed E-state index contributed by atoms with van der Waals surface area (Å²) in [5.74, 6) is 0.731. The molecule has 0 atom stereocenters. The van der Waals surface area contributed by atoms with Gasteiger partial charge in [0, 0.05) is 32.0 Å². The maximum Gasteiger partial charge on any atom is 0.226 e. The molecule has 6 nitrogen and oxygen atoms in total. The summed E-state index contributed by atoms with van der Waals surface area (Å²) in [6.07, 6.45) is 3.71. The van der Waals surface area contributed by atoms with Crippen molar-refractivity contribution in [2.45, 2.75) is 12.6 Å². The molecule has 7 heteroatoms. The van der Waals surface area contributed by atoms with Crippen LogP contribution in [0.3, 0.4) is 0 Å². The van der Waals surface area contributed by atoms with E-state index < -0.39 is 0 Å². The summed E-state index contributed by atoms with van der Waals surface area (Å²) in [7, 11) is 0. The van der Waals surface area contributed by atoms with E-state index in [1.165, 1.54) is 5.56 Å². The molecular weight excluding hydrogens is 370 g/mol. The van der Waals surface area contributed by atoms with Crippen molar-refractivity contribution in [3.8, 4) is 0 Å². The highest BCUT2D eigenvalue weighted by Gasteiger charge is 2.30. The third kappa shape index (κ3) is 3.57. The molecule has 0 aliphatic carbocycles. The normalized spacial score (nSPS) is 18.0. The van der Waals surface area contributed by atoms with E-state index in [-0.39, 0.29) is 6.10 Å². The minimum absolute atomic E-state index is 0.208. The van der Waals surface area contributed by atoms with Gasteiger partial charge in [-0.05, 0) is 21.5 Å². The van der Waals surface area contributed by atoms with Crippen LogP contribution in [-0.2, 0) is 11.4 Å². The van der Waals surface area contributed by atoms with Crippen molar-refractivity contribution in [2.75, 3.05) is 31.1 Å². The van der Waals surface area contributed by atoms with Gasteiger partial charge in [0.15, 0.2) is 6.10 Å². The molecule has 2 aliphatic heterocycles. The zero-order valence-electron chi connectivity index (χ0n) is 13.2. The Bertz CT molecular complexity index is 708. The van der Waals surface area contributed by atoms with Crippen LogP contribution in [0.5, 0.6) is 0 Å². The van der Waals surface area contributed by atoms with Crippen LogP contribution >= 0.6 is 15.9 Å². The highest BCUT2D eigenvalue weighted by molar-refractivity contribution is 9.10. The second-order valence-corrected chi connectivity index (χ2v) is 7.04. The highest BCUT2D eigenvalue weighted by Crippen LogP contribution is 2.18. The molecule has 0 spiro atoms. The topological polar surface area (TPSA) is 53.9 Å². The second kappa shape index (κ2) is 6.86. The first-order chi connectivity index (χ1) is 11.8. The largest absolute Gasteiger partial charge is 0.390 e. The Kier molecular flexibility index (Phi) is 4.44. The number of hydrogen-bond donors (Lipinski definition) is 0. The Morgan fingerprint density at radius 1 is 1.12 bits per heavy atom. The lowest BCUT2D eigenvalue weighted by atomic mass is 10.1. The van der Waals surface area contributed by atoms with Gasteiger partial charge in [-0.2, -0.15) is 0 Å². The number of rotatable bonds is 5. The van der Waals surface area contributed by atoms with Crippen molar-refractivity contribution in [2.24, 2.45) is 5.16 Å². The van der Waals surface area contributed by atoms with Gasteiger partial charge in [-0.15, -0.1) is 0 Å². The highest BCUT2D eigenvalue weighted by atomic mass is 79.9. The Morgan fingerprint density at radius 3 is 2.54 bits per heavy atom. The number of likely N-dealkylation sites (tertiary alicyclic amines) is 1. The quantitative estimate of drug-likeness (QED) is 0.736. The summed E-state index contributed by atoms with van der Waals surface area (Å²) in [4.78, 5) is 18.6. The summed E-state index contributed by atoms with van der Waals surface area (Å²) < 4.78 is 0.883. The van der Waals surface area contributed by atoms with Crippen molar-refractivity contribution in [3.63, 3.8) is 0 Å². The summed E-state index contributed by atoms with van der Waals surface area (Å²) in [5.41, 5.74) is 2.38. The van der Waals surface area contributed by atoms with Gasteiger partial charge in [0.1, 0.15) is 0 Å².